The normalized spacial score (nSPS) is 12.9. The van der Waals surface area contributed by atoms with E-state index in [4.69, 9.17) is 4.74 Å². The van der Waals surface area contributed by atoms with Crippen LogP contribution in [0.3, 0.4) is 0 Å². The van der Waals surface area contributed by atoms with Crippen molar-refractivity contribution in [1.29, 1.82) is 0 Å². The second-order valence-corrected chi connectivity index (χ2v) is 11.0. The molecule has 1 rings (SSSR count). The highest BCUT2D eigenvalue weighted by Crippen LogP contribution is 2.27. The maximum absolute atomic E-state index is 14.2. The minimum absolute atomic E-state index is 0.0888. The molecule has 0 bridgehead atoms. The summed E-state index contributed by atoms with van der Waals surface area (Å²) in [5, 5.41) is 5.38. The molecular weight excluding hydrogens is 486 g/mol. The molecule has 2 atom stereocenters. The first-order chi connectivity index (χ1) is 17.8. The van der Waals surface area contributed by atoms with Crippen molar-refractivity contribution in [3.05, 3.63) is 35.4 Å². The van der Waals surface area contributed by atoms with Gasteiger partial charge in [-0.2, -0.15) is 0 Å². The van der Waals surface area contributed by atoms with Crippen LogP contribution in [0.4, 0.5) is 4.79 Å². The summed E-state index contributed by atoms with van der Waals surface area (Å²) in [6.07, 6.45) is 3.27. The van der Waals surface area contributed by atoms with Crippen LogP contribution in [0.15, 0.2) is 24.3 Å². The smallest absolute Gasteiger partial charge is 0.408 e. The number of hydrogen-bond acceptors (Lipinski definition) is 6. The van der Waals surface area contributed by atoms with E-state index in [1.165, 1.54) is 12.0 Å². The van der Waals surface area contributed by atoms with Gasteiger partial charge in [-0.1, -0.05) is 64.3 Å². The van der Waals surface area contributed by atoms with Crippen molar-refractivity contribution in [3.8, 4) is 0 Å². The van der Waals surface area contributed by atoms with Gasteiger partial charge < -0.3 is 25.0 Å². The molecule has 2 N–H and O–H groups in total. The topological polar surface area (TPSA) is 114 Å². The van der Waals surface area contributed by atoms with Crippen molar-refractivity contribution in [2.75, 3.05) is 20.2 Å². The number of esters is 1. The van der Waals surface area contributed by atoms with Gasteiger partial charge in [0.15, 0.2) is 0 Å². The first-order valence-corrected chi connectivity index (χ1v) is 13.5. The Morgan fingerprint density at radius 3 is 2.24 bits per heavy atom. The molecule has 1 aromatic rings. The number of aryl methyl sites for hydroxylation is 1. The van der Waals surface area contributed by atoms with Gasteiger partial charge in [0, 0.05) is 6.54 Å². The van der Waals surface area contributed by atoms with Crippen LogP contribution in [0.2, 0.25) is 0 Å². The van der Waals surface area contributed by atoms with E-state index >= 15 is 0 Å². The maximum atomic E-state index is 14.2. The quantitative estimate of drug-likeness (QED) is 0.265. The molecule has 1 aromatic carbocycles. The fourth-order valence-corrected chi connectivity index (χ4v) is 4.09. The molecule has 0 aliphatic heterocycles. The number of rotatable bonds is 14. The standard InChI is InChI=1S/C29H47N3O6/c1-9-10-11-14-17-32(27(35)23(18-20(2)3)31-28(36)38-29(5,6)7)25(22-16-13-12-15-21(22)4)26(34)30-19-24(33)37-8/h12-13,15-16,20,23,25H,9-11,14,17-19H2,1-8H3,(H,30,34)(H,31,36). The molecule has 0 spiro atoms. The van der Waals surface area contributed by atoms with E-state index in [0.717, 1.165) is 24.8 Å². The van der Waals surface area contributed by atoms with E-state index in [0.29, 0.717) is 24.9 Å². The molecule has 38 heavy (non-hydrogen) atoms. The average molecular weight is 534 g/mol. The zero-order valence-electron chi connectivity index (χ0n) is 24.4. The van der Waals surface area contributed by atoms with Crippen LogP contribution < -0.4 is 10.6 Å². The Morgan fingerprint density at radius 1 is 1.03 bits per heavy atom. The molecule has 0 heterocycles. The summed E-state index contributed by atoms with van der Waals surface area (Å²) in [4.78, 5) is 53.7. The largest absolute Gasteiger partial charge is 0.468 e. The van der Waals surface area contributed by atoms with Crippen molar-refractivity contribution < 1.29 is 28.7 Å². The molecule has 2 unspecified atom stereocenters. The number of carbonyl (C=O) groups is 4. The summed E-state index contributed by atoms with van der Waals surface area (Å²) in [7, 11) is 1.25. The SMILES string of the molecule is CCCCCCN(C(=O)C(CC(C)C)NC(=O)OC(C)(C)C)C(C(=O)NCC(=O)OC)c1ccccc1C. The van der Waals surface area contributed by atoms with E-state index in [1.54, 1.807) is 20.8 Å². The number of methoxy groups -OCH3 is 1. The molecule has 0 radical (unpaired) electrons. The van der Waals surface area contributed by atoms with Gasteiger partial charge in [-0.15, -0.1) is 0 Å². The van der Waals surface area contributed by atoms with Gasteiger partial charge in [0.05, 0.1) is 7.11 Å². The third-order valence-corrected chi connectivity index (χ3v) is 5.91. The molecule has 0 aliphatic carbocycles. The highest BCUT2D eigenvalue weighted by molar-refractivity contribution is 5.93. The number of hydrogen-bond donors (Lipinski definition) is 2. The highest BCUT2D eigenvalue weighted by atomic mass is 16.6. The van der Waals surface area contributed by atoms with Gasteiger partial charge in [0.1, 0.15) is 24.2 Å². The predicted octanol–water partition coefficient (Wildman–Crippen LogP) is 4.67. The second kappa shape index (κ2) is 16.0. The Bertz CT molecular complexity index is 925. The number of nitrogens with one attached hydrogen (secondary N) is 2. The Kier molecular flexibility index (Phi) is 13.9. The van der Waals surface area contributed by atoms with E-state index in [1.807, 2.05) is 45.0 Å². The molecule has 214 valence electrons. The number of benzene rings is 1. The van der Waals surface area contributed by atoms with E-state index in [2.05, 4.69) is 22.3 Å². The van der Waals surface area contributed by atoms with Crippen molar-refractivity contribution in [2.24, 2.45) is 5.92 Å². The fourth-order valence-electron chi connectivity index (χ4n) is 4.09. The number of carbonyl (C=O) groups excluding carboxylic acids is 4. The van der Waals surface area contributed by atoms with Gasteiger partial charge in [0.25, 0.3) is 0 Å². The van der Waals surface area contributed by atoms with Crippen LogP contribution in [-0.4, -0.2) is 60.6 Å². The molecule has 3 amide bonds. The van der Waals surface area contributed by atoms with Crippen LogP contribution in [0.5, 0.6) is 0 Å². The summed E-state index contributed by atoms with van der Waals surface area (Å²) < 4.78 is 10.1. The molecule has 0 aliphatic rings. The lowest BCUT2D eigenvalue weighted by molar-refractivity contribution is -0.145. The van der Waals surface area contributed by atoms with Crippen LogP contribution >= 0.6 is 0 Å². The summed E-state index contributed by atoms with van der Waals surface area (Å²) in [6, 6.07) is 5.47. The van der Waals surface area contributed by atoms with Crippen molar-refractivity contribution >= 4 is 23.9 Å². The minimum Gasteiger partial charge on any atom is -0.468 e. The van der Waals surface area contributed by atoms with Gasteiger partial charge in [-0.25, -0.2) is 4.79 Å². The number of ether oxygens (including phenoxy) is 2. The Balaban J connectivity index is 3.50. The Labute approximate surface area is 228 Å². The monoisotopic (exact) mass is 533 g/mol. The third kappa shape index (κ3) is 11.5. The van der Waals surface area contributed by atoms with Gasteiger partial charge in [0.2, 0.25) is 11.8 Å². The Hall–Kier alpha value is -3.10. The van der Waals surface area contributed by atoms with Gasteiger partial charge >= 0.3 is 12.1 Å². The molecule has 0 aromatic heterocycles. The first-order valence-electron chi connectivity index (χ1n) is 13.5. The number of amides is 3. The van der Waals surface area contributed by atoms with Gasteiger partial charge in [-0.3, -0.25) is 14.4 Å². The third-order valence-electron chi connectivity index (χ3n) is 5.91. The van der Waals surface area contributed by atoms with Crippen molar-refractivity contribution in [3.63, 3.8) is 0 Å². The summed E-state index contributed by atoms with van der Waals surface area (Å²) in [5.74, 6) is -1.37. The molecule has 9 heteroatoms. The lowest BCUT2D eigenvalue weighted by Gasteiger charge is -2.35. The molecule has 9 nitrogen and oxygen atoms in total. The van der Waals surface area contributed by atoms with Crippen LogP contribution in [0, 0.1) is 12.8 Å². The predicted molar refractivity (Wildman–Crippen MR) is 147 cm³/mol. The van der Waals surface area contributed by atoms with E-state index in [-0.39, 0.29) is 18.4 Å². The van der Waals surface area contributed by atoms with Gasteiger partial charge in [-0.05, 0) is 57.6 Å². The van der Waals surface area contributed by atoms with Crippen molar-refractivity contribution in [2.45, 2.75) is 98.3 Å². The lowest BCUT2D eigenvalue weighted by Crippen LogP contribution is -2.54. The molecular formula is C29H47N3O6. The fraction of sp³-hybridized carbons (Fsp3) is 0.655. The lowest BCUT2D eigenvalue weighted by atomic mass is 9.96. The first kappa shape index (κ1) is 32.9. The summed E-state index contributed by atoms with van der Waals surface area (Å²) >= 11 is 0. The second-order valence-electron chi connectivity index (χ2n) is 11.0. The zero-order chi connectivity index (χ0) is 28.9. The summed E-state index contributed by atoms with van der Waals surface area (Å²) in [5.41, 5.74) is 0.754. The van der Waals surface area contributed by atoms with Crippen LogP contribution in [-0.2, 0) is 23.9 Å². The molecule has 0 fully saturated rings. The minimum atomic E-state index is -0.995. The number of alkyl carbamates (subject to hydrolysis) is 1. The number of nitrogens with zero attached hydrogens (tertiary/aromatic N) is 1. The number of unbranched alkanes of at least 4 members (excludes halogenated alkanes) is 3. The van der Waals surface area contributed by atoms with Crippen molar-refractivity contribution in [1.82, 2.24) is 15.5 Å². The van der Waals surface area contributed by atoms with Crippen LogP contribution in [0.1, 0.15) is 90.8 Å². The molecule has 0 saturated carbocycles. The highest BCUT2D eigenvalue weighted by Gasteiger charge is 2.37. The Morgan fingerprint density at radius 2 is 1.68 bits per heavy atom. The van der Waals surface area contributed by atoms with Crippen LogP contribution in [0.25, 0.3) is 0 Å². The average Bonchev–Trinajstić information content (AvgIpc) is 2.82. The molecule has 0 saturated heterocycles. The van der Waals surface area contributed by atoms with E-state index in [9.17, 15) is 19.2 Å². The van der Waals surface area contributed by atoms with E-state index < -0.39 is 35.7 Å². The summed E-state index contributed by atoms with van der Waals surface area (Å²) in [6.45, 7) is 13.2. The zero-order valence-corrected chi connectivity index (χ0v) is 24.4. The maximum Gasteiger partial charge on any atom is 0.408 e.